The minimum atomic E-state index is 0. The van der Waals surface area contributed by atoms with Gasteiger partial charge in [-0.25, -0.2) is 7.11 Å². The average Bonchev–Trinajstić information content (AvgIpc) is 0.918. The summed E-state index contributed by atoms with van der Waals surface area (Å²) in [6.07, 6.45) is 0. The zero-order valence-electron chi connectivity index (χ0n) is 2.45. The number of methoxy groups -OCH3 is 1. The summed E-state index contributed by atoms with van der Waals surface area (Å²) < 4.78 is 4.00. The molecule has 0 amide bonds. The quantitative estimate of drug-likeness (QED) is 0.405. The number of hydrogen-bond acceptors (Lipinski definition) is 1. The van der Waals surface area contributed by atoms with Gasteiger partial charge < -0.3 is 4.74 Å². The van der Waals surface area contributed by atoms with Gasteiger partial charge in [-0.2, -0.15) is 0 Å². The molecule has 0 bridgehead atoms. The van der Waals surface area contributed by atoms with E-state index < -0.39 is 0 Å². The van der Waals surface area contributed by atoms with Crippen LogP contribution in [-0.4, -0.2) is 7.11 Å². The summed E-state index contributed by atoms with van der Waals surface area (Å²) in [7, 11) is 4.50. The van der Waals surface area contributed by atoms with E-state index in [0.717, 1.165) is 0 Å². The van der Waals surface area contributed by atoms with Gasteiger partial charge in [0.05, 0.1) is 0 Å². The van der Waals surface area contributed by atoms with Crippen molar-refractivity contribution in [1.82, 2.24) is 0 Å². The van der Waals surface area contributed by atoms with Crippen LogP contribution in [0.3, 0.4) is 0 Å². The number of hydrogen-bond donors (Lipinski definition) is 0. The monoisotopic (exact) mass is 104 g/mol. The molecule has 0 atom stereocenters. The standard InChI is InChI=1S/C2H5O.Co/c1-3-2;/h1H2,2H3;/q-1;. The Morgan fingerprint density at radius 2 is 1.75 bits per heavy atom. The topological polar surface area (TPSA) is 9.23 Å². The predicted octanol–water partition coefficient (Wildman–Crippen LogP) is 0.422. The molecule has 1 nitrogen and oxygen atoms in total. The molecular formula is C2H5CoO-. The molecule has 0 fully saturated rings. The van der Waals surface area contributed by atoms with E-state index >= 15 is 0 Å². The average molecular weight is 104 g/mol. The van der Waals surface area contributed by atoms with Crippen LogP contribution in [0.4, 0.5) is 0 Å². The Labute approximate surface area is 36.5 Å². The van der Waals surface area contributed by atoms with Gasteiger partial charge in [0, 0.05) is 16.8 Å². The predicted molar refractivity (Wildman–Crippen MR) is 12.4 cm³/mol. The van der Waals surface area contributed by atoms with Gasteiger partial charge in [-0.05, 0) is 7.11 Å². The molecule has 0 aromatic rings. The van der Waals surface area contributed by atoms with Gasteiger partial charge in [0.15, 0.2) is 0 Å². The second-order valence-corrected chi connectivity index (χ2v) is 0.289. The molecule has 2 heteroatoms. The van der Waals surface area contributed by atoms with Crippen LogP contribution in [0.2, 0.25) is 0 Å². The second-order valence-electron chi connectivity index (χ2n) is 0.289. The molecule has 1 radical (unpaired) electrons. The normalized spacial score (nSPS) is 4.50. The fourth-order valence-corrected chi connectivity index (χ4v) is 0. The van der Waals surface area contributed by atoms with Crippen LogP contribution >= 0.6 is 0 Å². The number of rotatable bonds is 0. The molecular weight excluding hydrogens is 99.0 g/mol. The van der Waals surface area contributed by atoms with Crippen LogP contribution in [-0.2, 0) is 21.5 Å². The van der Waals surface area contributed by atoms with Crippen LogP contribution in [0.1, 0.15) is 0 Å². The molecule has 0 saturated carbocycles. The third kappa shape index (κ3) is 24.4. The van der Waals surface area contributed by atoms with Crippen molar-refractivity contribution in [3.63, 3.8) is 0 Å². The van der Waals surface area contributed by atoms with E-state index in [1.807, 2.05) is 0 Å². The Balaban J connectivity index is 0. The van der Waals surface area contributed by atoms with Crippen molar-refractivity contribution < 1.29 is 21.5 Å². The fourth-order valence-electron chi connectivity index (χ4n) is 0. The molecule has 0 rings (SSSR count). The third-order valence-electron chi connectivity index (χ3n) is 0. The minimum Gasteiger partial charge on any atom is -0.557 e. The molecule has 0 aliphatic rings. The van der Waals surface area contributed by atoms with Crippen LogP contribution < -0.4 is 0 Å². The molecule has 0 saturated heterocycles. The summed E-state index contributed by atoms with van der Waals surface area (Å²) in [5.74, 6) is 0. The van der Waals surface area contributed by atoms with E-state index in [2.05, 4.69) is 11.8 Å². The van der Waals surface area contributed by atoms with E-state index in [-0.39, 0.29) is 16.8 Å². The van der Waals surface area contributed by atoms with Crippen LogP contribution in [0.15, 0.2) is 0 Å². The molecule has 0 heterocycles. The van der Waals surface area contributed by atoms with Crippen molar-refractivity contribution >= 4 is 0 Å². The molecule has 4 heavy (non-hydrogen) atoms. The molecule has 29 valence electrons. The van der Waals surface area contributed by atoms with Crippen molar-refractivity contribution in [3.05, 3.63) is 7.11 Å². The molecule has 0 spiro atoms. The second kappa shape index (κ2) is 9.81. The maximum Gasteiger partial charge on any atom is 0 e. The van der Waals surface area contributed by atoms with Crippen molar-refractivity contribution in [2.75, 3.05) is 7.11 Å². The van der Waals surface area contributed by atoms with Gasteiger partial charge in [0.1, 0.15) is 0 Å². The van der Waals surface area contributed by atoms with Crippen LogP contribution in [0, 0.1) is 7.11 Å². The zero-order chi connectivity index (χ0) is 2.71. The summed E-state index contributed by atoms with van der Waals surface area (Å²) in [4.78, 5) is 0. The van der Waals surface area contributed by atoms with Gasteiger partial charge in [-0.3, -0.25) is 0 Å². The summed E-state index contributed by atoms with van der Waals surface area (Å²) in [5.41, 5.74) is 0. The molecule has 0 aromatic carbocycles. The van der Waals surface area contributed by atoms with Crippen LogP contribution in [0.25, 0.3) is 0 Å². The fraction of sp³-hybridized carbons (Fsp3) is 0.500. The summed E-state index contributed by atoms with van der Waals surface area (Å²) >= 11 is 0. The first kappa shape index (κ1) is 8.82. The van der Waals surface area contributed by atoms with E-state index in [1.165, 1.54) is 7.11 Å². The molecule has 0 N–H and O–H groups in total. The van der Waals surface area contributed by atoms with Gasteiger partial charge in [0.25, 0.3) is 0 Å². The van der Waals surface area contributed by atoms with Crippen molar-refractivity contribution in [1.29, 1.82) is 0 Å². The SMILES string of the molecule is [CH2-]OC.[Co]. The first-order valence-corrected chi connectivity index (χ1v) is 0.697. The van der Waals surface area contributed by atoms with Gasteiger partial charge in [0.2, 0.25) is 0 Å². The van der Waals surface area contributed by atoms with Crippen molar-refractivity contribution in [2.24, 2.45) is 0 Å². The first-order chi connectivity index (χ1) is 1.41. The van der Waals surface area contributed by atoms with Crippen molar-refractivity contribution in [3.8, 4) is 0 Å². The largest absolute Gasteiger partial charge is 0.557 e. The summed E-state index contributed by atoms with van der Waals surface area (Å²) in [5, 5.41) is 0. The Morgan fingerprint density at radius 3 is 1.75 bits per heavy atom. The Kier molecular flexibility index (Phi) is 21.6. The Bertz CT molecular complexity index is 6.00. The first-order valence-electron chi connectivity index (χ1n) is 0.697. The van der Waals surface area contributed by atoms with Crippen molar-refractivity contribution in [2.45, 2.75) is 0 Å². The smallest absolute Gasteiger partial charge is 0 e. The molecule has 0 unspecified atom stereocenters. The van der Waals surface area contributed by atoms with Gasteiger partial charge in [-0.1, -0.05) is 0 Å². The maximum absolute atomic E-state index is 4.00. The maximum atomic E-state index is 4.00. The van der Waals surface area contributed by atoms with E-state index in [9.17, 15) is 0 Å². The zero-order valence-corrected chi connectivity index (χ0v) is 3.49. The van der Waals surface area contributed by atoms with Gasteiger partial charge >= 0.3 is 0 Å². The Morgan fingerprint density at radius 1 is 1.75 bits per heavy atom. The molecule has 0 aliphatic carbocycles. The molecule has 0 aliphatic heterocycles. The van der Waals surface area contributed by atoms with E-state index in [1.54, 1.807) is 0 Å². The summed E-state index contributed by atoms with van der Waals surface area (Å²) in [6.45, 7) is 0. The number of ether oxygens (including phenoxy) is 1. The Hall–Kier alpha value is 0.466. The van der Waals surface area contributed by atoms with Gasteiger partial charge in [-0.15, -0.1) is 0 Å². The molecule has 0 aromatic heterocycles. The van der Waals surface area contributed by atoms with E-state index in [4.69, 9.17) is 0 Å². The van der Waals surface area contributed by atoms with E-state index in [0.29, 0.717) is 0 Å². The van der Waals surface area contributed by atoms with Crippen LogP contribution in [0.5, 0.6) is 0 Å². The minimum absolute atomic E-state index is 0. The third-order valence-corrected chi connectivity index (χ3v) is 0. The summed E-state index contributed by atoms with van der Waals surface area (Å²) in [6, 6.07) is 0.